The number of nitrogens with zero attached hydrogens (tertiary/aromatic N) is 1. The van der Waals surface area contributed by atoms with Gasteiger partial charge in [-0.2, -0.15) is 0 Å². The van der Waals surface area contributed by atoms with E-state index < -0.39 is 6.09 Å². The molecule has 0 aliphatic heterocycles. The van der Waals surface area contributed by atoms with Crippen molar-refractivity contribution in [3.05, 3.63) is 23.3 Å². The molecule has 4 nitrogen and oxygen atoms in total. The largest absolute Gasteiger partial charge is 0.872 e. The molecule has 4 heteroatoms. The Morgan fingerprint density at radius 2 is 1.37 bits per heavy atom. The van der Waals surface area contributed by atoms with Crippen molar-refractivity contribution in [3.63, 3.8) is 0 Å². The lowest BCUT2D eigenvalue weighted by Gasteiger charge is -2.35. The molecule has 0 fully saturated rings. The van der Waals surface area contributed by atoms with Gasteiger partial charge >= 0.3 is 6.09 Å². The predicted octanol–water partition coefficient (Wildman–Crippen LogP) is 6.20. The molecule has 0 atom stereocenters. The van der Waals surface area contributed by atoms with E-state index in [1.807, 2.05) is 41.5 Å². The Hall–Kier alpha value is -1.71. The van der Waals surface area contributed by atoms with E-state index in [1.54, 1.807) is 12.1 Å². The van der Waals surface area contributed by atoms with Crippen LogP contribution < -0.4 is 10.0 Å². The Kier molecular flexibility index (Phi) is 8.19. The standard InChI is InChI=1S/C23H39NO3/c1-8-9-10-11-12-13-14-24(21(26)27)17-15-18(22(2,3)4)20(25)19(16-17)23(5,6)7/h15-16,25H,8-14H2,1-7H3,(H,26,27)/p-1. The smallest absolute Gasteiger partial charge is 0.411 e. The predicted molar refractivity (Wildman–Crippen MR) is 112 cm³/mol. The van der Waals surface area contributed by atoms with E-state index in [0.717, 1.165) is 19.3 Å². The van der Waals surface area contributed by atoms with Crippen molar-refractivity contribution in [2.75, 3.05) is 11.4 Å². The van der Waals surface area contributed by atoms with Gasteiger partial charge in [-0.1, -0.05) is 80.6 Å². The topological polar surface area (TPSA) is 63.6 Å². The normalized spacial score (nSPS) is 12.3. The number of anilines is 1. The van der Waals surface area contributed by atoms with E-state index in [0.29, 0.717) is 23.4 Å². The zero-order valence-electron chi connectivity index (χ0n) is 18.3. The SMILES string of the molecule is CCCCCCCCN(C(=O)O)c1cc(C(C)(C)C)c([O-])c(C(C)(C)C)c1. The lowest BCUT2D eigenvalue weighted by molar-refractivity contribution is -0.271. The molecule has 0 heterocycles. The van der Waals surface area contributed by atoms with Gasteiger partial charge in [0.2, 0.25) is 0 Å². The monoisotopic (exact) mass is 376 g/mol. The van der Waals surface area contributed by atoms with Crippen LogP contribution in [0.4, 0.5) is 10.5 Å². The van der Waals surface area contributed by atoms with Crippen molar-refractivity contribution in [2.45, 2.75) is 97.8 Å². The first kappa shape index (κ1) is 23.3. The van der Waals surface area contributed by atoms with E-state index in [1.165, 1.54) is 24.2 Å². The van der Waals surface area contributed by atoms with Gasteiger partial charge in [-0.15, -0.1) is 5.75 Å². The van der Waals surface area contributed by atoms with Gasteiger partial charge in [0.25, 0.3) is 0 Å². The van der Waals surface area contributed by atoms with Crippen LogP contribution in [0, 0.1) is 0 Å². The molecule has 0 saturated carbocycles. The molecule has 0 bridgehead atoms. The number of hydrogen-bond donors (Lipinski definition) is 1. The van der Waals surface area contributed by atoms with Crippen LogP contribution in [0.25, 0.3) is 0 Å². The maximum atomic E-state index is 13.0. The average molecular weight is 377 g/mol. The van der Waals surface area contributed by atoms with Gasteiger partial charge in [-0.25, -0.2) is 4.79 Å². The third kappa shape index (κ3) is 6.75. The number of benzene rings is 1. The maximum Gasteiger partial charge on any atom is 0.411 e. The molecule has 1 rings (SSSR count). The summed E-state index contributed by atoms with van der Waals surface area (Å²) in [5, 5.41) is 22.8. The molecule has 154 valence electrons. The summed E-state index contributed by atoms with van der Waals surface area (Å²) in [7, 11) is 0. The first-order valence-corrected chi connectivity index (χ1v) is 10.3. The summed E-state index contributed by atoms with van der Waals surface area (Å²) in [5.74, 6) is 0.0312. The lowest BCUT2D eigenvalue weighted by atomic mass is 9.79. The molecule has 0 spiro atoms. The Balaban J connectivity index is 3.17. The molecule has 27 heavy (non-hydrogen) atoms. The minimum atomic E-state index is -0.957. The first-order valence-electron chi connectivity index (χ1n) is 10.3. The van der Waals surface area contributed by atoms with Crippen LogP contribution in [0.5, 0.6) is 5.75 Å². The Morgan fingerprint density at radius 1 is 0.926 bits per heavy atom. The van der Waals surface area contributed by atoms with Gasteiger partial charge in [0.05, 0.1) is 0 Å². The molecule has 1 N–H and O–H groups in total. The summed E-state index contributed by atoms with van der Waals surface area (Å²) in [6.45, 7) is 14.6. The second kappa shape index (κ2) is 9.48. The second-order valence-electron chi connectivity index (χ2n) is 9.57. The molecule has 0 radical (unpaired) electrons. The van der Waals surface area contributed by atoms with E-state index in [4.69, 9.17) is 0 Å². The minimum Gasteiger partial charge on any atom is -0.872 e. The highest BCUT2D eigenvalue weighted by molar-refractivity contribution is 5.86. The van der Waals surface area contributed by atoms with Crippen molar-refractivity contribution in [1.82, 2.24) is 0 Å². The fourth-order valence-corrected chi connectivity index (χ4v) is 3.27. The Bertz CT molecular complexity index is 588. The van der Waals surface area contributed by atoms with Crippen LogP contribution >= 0.6 is 0 Å². The highest BCUT2D eigenvalue weighted by Gasteiger charge is 2.25. The van der Waals surface area contributed by atoms with Gasteiger partial charge < -0.3 is 10.2 Å². The van der Waals surface area contributed by atoms with Crippen LogP contribution in [0.1, 0.15) is 98.1 Å². The summed E-state index contributed by atoms with van der Waals surface area (Å²) < 4.78 is 0. The molecular weight excluding hydrogens is 338 g/mol. The molecule has 1 aromatic rings. The Morgan fingerprint density at radius 3 is 1.78 bits per heavy atom. The van der Waals surface area contributed by atoms with Crippen molar-refractivity contribution in [3.8, 4) is 5.75 Å². The van der Waals surface area contributed by atoms with Crippen molar-refractivity contribution in [2.24, 2.45) is 0 Å². The first-order chi connectivity index (χ1) is 12.4. The number of unbranched alkanes of at least 4 members (excludes halogenated alkanes) is 5. The molecule has 0 aromatic heterocycles. The summed E-state index contributed by atoms with van der Waals surface area (Å²) in [6, 6.07) is 3.56. The summed E-state index contributed by atoms with van der Waals surface area (Å²) in [4.78, 5) is 13.3. The fourth-order valence-electron chi connectivity index (χ4n) is 3.27. The zero-order chi connectivity index (χ0) is 20.8. The maximum absolute atomic E-state index is 13.0. The molecule has 1 aromatic carbocycles. The highest BCUT2D eigenvalue weighted by atomic mass is 16.4. The quantitative estimate of drug-likeness (QED) is 0.549. The number of rotatable bonds is 8. The number of hydrogen-bond acceptors (Lipinski definition) is 2. The van der Waals surface area contributed by atoms with E-state index >= 15 is 0 Å². The average Bonchev–Trinajstić information content (AvgIpc) is 2.52. The van der Waals surface area contributed by atoms with Crippen molar-refractivity contribution < 1.29 is 15.0 Å². The fraction of sp³-hybridized carbons (Fsp3) is 0.696. The molecule has 1 amide bonds. The van der Waals surface area contributed by atoms with Crippen LogP contribution in [0.15, 0.2) is 12.1 Å². The third-order valence-corrected chi connectivity index (χ3v) is 4.97. The summed E-state index contributed by atoms with van der Waals surface area (Å²) in [5.41, 5.74) is 1.30. The van der Waals surface area contributed by atoms with Crippen LogP contribution in [0.3, 0.4) is 0 Å². The third-order valence-electron chi connectivity index (χ3n) is 4.97. The van der Waals surface area contributed by atoms with Gasteiger partial charge in [0.15, 0.2) is 0 Å². The number of carbonyl (C=O) groups is 1. The van der Waals surface area contributed by atoms with Crippen LogP contribution in [-0.4, -0.2) is 17.7 Å². The molecule has 0 saturated heterocycles. The Labute approximate surface area is 165 Å². The van der Waals surface area contributed by atoms with Gasteiger partial charge in [-0.05, 0) is 40.5 Å². The molecule has 0 unspecified atom stereocenters. The van der Waals surface area contributed by atoms with Gasteiger partial charge in [0.1, 0.15) is 0 Å². The number of carboxylic acid groups (broad SMARTS) is 1. The summed E-state index contributed by atoms with van der Waals surface area (Å²) in [6.07, 6.45) is 5.69. The van der Waals surface area contributed by atoms with Crippen molar-refractivity contribution >= 4 is 11.8 Å². The van der Waals surface area contributed by atoms with Gasteiger partial charge in [-0.3, -0.25) is 4.90 Å². The van der Waals surface area contributed by atoms with Crippen molar-refractivity contribution in [1.29, 1.82) is 0 Å². The lowest BCUT2D eigenvalue weighted by Crippen LogP contribution is -2.31. The van der Waals surface area contributed by atoms with E-state index in [-0.39, 0.29) is 16.6 Å². The molecular formula is C23H38NO3-. The van der Waals surface area contributed by atoms with Crippen LogP contribution in [-0.2, 0) is 10.8 Å². The highest BCUT2D eigenvalue weighted by Crippen LogP contribution is 2.40. The molecule has 0 aliphatic rings. The van der Waals surface area contributed by atoms with E-state index in [9.17, 15) is 15.0 Å². The summed E-state index contributed by atoms with van der Waals surface area (Å²) >= 11 is 0. The van der Waals surface area contributed by atoms with Crippen LogP contribution in [0.2, 0.25) is 0 Å². The second-order valence-corrected chi connectivity index (χ2v) is 9.57. The molecule has 0 aliphatic carbocycles. The van der Waals surface area contributed by atoms with Gasteiger partial charge in [0, 0.05) is 12.2 Å². The minimum absolute atomic E-state index is 0.0312. The zero-order valence-corrected chi connectivity index (χ0v) is 18.3. The number of amides is 1. The van der Waals surface area contributed by atoms with E-state index in [2.05, 4.69) is 6.92 Å².